The number of rotatable bonds is 4. The van der Waals surface area contributed by atoms with Crippen LogP contribution in [0.2, 0.25) is 5.02 Å². The fraction of sp³-hybridized carbons (Fsp3) is 0.286. The van der Waals surface area contributed by atoms with Crippen LogP contribution in [-0.4, -0.2) is 29.1 Å². The summed E-state index contributed by atoms with van der Waals surface area (Å²) < 4.78 is 20.3. The van der Waals surface area contributed by atoms with Gasteiger partial charge in [0.25, 0.3) is 0 Å². The highest BCUT2D eigenvalue weighted by Crippen LogP contribution is 2.27. The van der Waals surface area contributed by atoms with Gasteiger partial charge in [0, 0.05) is 42.4 Å². The van der Waals surface area contributed by atoms with Crippen molar-refractivity contribution in [1.82, 2.24) is 9.88 Å². The van der Waals surface area contributed by atoms with Crippen LogP contribution in [0.15, 0.2) is 54.9 Å². The summed E-state index contributed by atoms with van der Waals surface area (Å²) >= 11 is 6.05. The summed E-state index contributed by atoms with van der Waals surface area (Å²) in [5.74, 6) is 0.00356. The molecule has 1 aliphatic heterocycles. The maximum Gasteiger partial charge on any atom is 0.165 e. The third kappa shape index (κ3) is 3.97. The van der Waals surface area contributed by atoms with Gasteiger partial charge in [0.05, 0.1) is 0 Å². The molecule has 0 unspecified atom stereocenters. The van der Waals surface area contributed by atoms with Gasteiger partial charge in [-0.2, -0.15) is 0 Å². The molecule has 5 heteroatoms. The number of piperidine rings is 1. The van der Waals surface area contributed by atoms with Gasteiger partial charge in [-0.25, -0.2) is 4.39 Å². The van der Waals surface area contributed by atoms with Gasteiger partial charge in [0.1, 0.15) is 6.10 Å². The Morgan fingerprint density at radius 1 is 1.12 bits per heavy atom. The van der Waals surface area contributed by atoms with Crippen LogP contribution in [0.1, 0.15) is 18.4 Å². The van der Waals surface area contributed by atoms with Gasteiger partial charge in [-0.05, 0) is 54.1 Å². The molecule has 26 heavy (non-hydrogen) atoms. The van der Waals surface area contributed by atoms with Crippen molar-refractivity contribution < 1.29 is 9.13 Å². The standard InChI is InChI=1S/C21H20ClFN2O/c22-18-3-1-2-15(10-18)14-25-8-5-19(6-9-25)26-21-12-16-4-7-24-13-17(16)11-20(21)23/h1-4,7,10-13,19H,5-6,8-9,14H2. The van der Waals surface area contributed by atoms with E-state index in [2.05, 4.69) is 16.0 Å². The summed E-state index contributed by atoms with van der Waals surface area (Å²) in [4.78, 5) is 6.41. The van der Waals surface area contributed by atoms with Crippen LogP contribution < -0.4 is 4.74 Å². The molecule has 1 aromatic heterocycles. The van der Waals surface area contributed by atoms with Crippen molar-refractivity contribution in [3.8, 4) is 5.75 Å². The molecule has 4 rings (SSSR count). The van der Waals surface area contributed by atoms with Crippen LogP contribution in [0.4, 0.5) is 4.39 Å². The normalized spacial score (nSPS) is 16.1. The minimum absolute atomic E-state index is 0.0411. The molecule has 0 bridgehead atoms. The van der Waals surface area contributed by atoms with Gasteiger partial charge in [0.15, 0.2) is 11.6 Å². The van der Waals surface area contributed by atoms with Gasteiger partial charge in [-0.3, -0.25) is 9.88 Å². The highest BCUT2D eigenvalue weighted by molar-refractivity contribution is 6.30. The first kappa shape index (κ1) is 17.3. The molecule has 0 aliphatic carbocycles. The highest BCUT2D eigenvalue weighted by atomic mass is 35.5. The molecular weight excluding hydrogens is 351 g/mol. The highest BCUT2D eigenvalue weighted by Gasteiger charge is 2.22. The monoisotopic (exact) mass is 370 g/mol. The number of halogens is 2. The Morgan fingerprint density at radius 2 is 1.96 bits per heavy atom. The zero-order valence-electron chi connectivity index (χ0n) is 14.4. The average molecular weight is 371 g/mol. The molecule has 0 atom stereocenters. The molecule has 1 saturated heterocycles. The van der Waals surface area contributed by atoms with Crippen molar-refractivity contribution in [3.63, 3.8) is 0 Å². The Kier molecular flexibility index (Phi) is 5.05. The van der Waals surface area contributed by atoms with E-state index in [9.17, 15) is 4.39 Å². The summed E-state index contributed by atoms with van der Waals surface area (Å²) in [5.41, 5.74) is 1.21. The molecule has 2 heterocycles. The minimum Gasteiger partial charge on any atom is -0.487 e. The molecule has 1 aliphatic rings. The summed E-state index contributed by atoms with van der Waals surface area (Å²) in [7, 11) is 0. The zero-order chi connectivity index (χ0) is 17.9. The van der Waals surface area contributed by atoms with Crippen LogP contribution in [0, 0.1) is 5.82 Å². The fourth-order valence-corrected chi connectivity index (χ4v) is 3.65. The van der Waals surface area contributed by atoms with Crippen molar-refractivity contribution in [2.45, 2.75) is 25.5 Å². The maximum absolute atomic E-state index is 14.3. The number of pyridine rings is 1. The lowest BCUT2D eigenvalue weighted by Crippen LogP contribution is -2.37. The van der Waals surface area contributed by atoms with E-state index in [1.165, 1.54) is 11.6 Å². The molecule has 0 amide bonds. The van der Waals surface area contributed by atoms with Crippen LogP contribution >= 0.6 is 11.6 Å². The number of hydrogen-bond donors (Lipinski definition) is 0. The maximum atomic E-state index is 14.3. The van der Waals surface area contributed by atoms with Gasteiger partial charge in [-0.15, -0.1) is 0 Å². The Hall–Kier alpha value is -2.17. The number of likely N-dealkylation sites (tertiary alicyclic amines) is 1. The van der Waals surface area contributed by atoms with Crippen LogP contribution in [0.3, 0.4) is 0 Å². The van der Waals surface area contributed by atoms with Gasteiger partial charge >= 0.3 is 0 Å². The first-order valence-electron chi connectivity index (χ1n) is 8.84. The third-order valence-electron chi connectivity index (χ3n) is 4.81. The number of benzene rings is 2. The lowest BCUT2D eigenvalue weighted by Gasteiger charge is -2.32. The van der Waals surface area contributed by atoms with Crippen molar-refractivity contribution in [2.75, 3.05) is 13.1 Å². The predicted octanol–water partition coefficient (Wildman–Crippen LogP) is 5.07. The van der Waals surface area contributed by atoms with E-state index < -0.39 is 0 Å². The summed E-state index contributed by atoms with van der Waals surface area (Å²) in [5, 5.41) is 2.49. The number of hydrogen-bond acceptors (Lipinski definition) is 3. The van der Waals surface area contributed by atoms with Crippen LogP contribution in [-0.2, 0) is 6.54 Å². The van der Waals surface area contributed by atoms with E-state index in [0.717, 1.165) is 48.3 Å². The topological polar surface area (TPSA) is 25.4 Å². The van der Waals surface area contributed by atoms with E-state index in [4.69, 9.17) is 16.3 Å². The molecule has 0 saturated carbocycles. The number of nitrogens with zero attached hydrogens (tertiary/aromatic N) is 2. The van der Waals surface area contributed by atoms with Crippen molar-refractivity contribution in [2.24, 2.45) is 0 Å². The Balaban J connectivity index is 1.37. The Bertz CT molecular complexity index is 909. The molecule has 2 aromatic carbocycles. The first-order valence-corrected chi connectivity index (χ1v) is 9.22. The number of ether oxygens (including phenoxy) is 1. The molecule has 3 aromatic rings. The summed E-state index contributed by atoms with van der Waals surface area (Å²) in [6, 6.07) is 13.1. The molecule has 0 spiro atoms. The average Bonchev–Trinajstić information content (AvgIpc) is 2.64. The van der Waals surface area contributed by atoms with E-state index in [1.807, 2.05) is 24.3 Å². The summed E-state index contributed by atoms with van der Waals surface area (Å²) in [6.45, 7) is 2.73. The van der Waals surface area contributed by atoms with Crippen LogP contribution in [0.25, 0.3) is 10.8 Å². The smallest absolute Gasteiger partial charge is 0.165 e. The van der Waals surface area contributed by atoms with E-state index in [1.54, 1.807) is 18.5 Å². The minimum atomic E-state index is -0.327. The molecule has 0 radical (unpaired) electrons. The van der Waals surface area contributed by atoms with E-state index in [0.29, 0.717) is 5.75 Å². The molecular formula is C21H20ClFN2O. The van der Waals surface area contributed by atoms with Gasteiger partial charge in [0.2, 0.25) is 0 Å². The van der Waals surface area contributed by atoms with Crippen molar-refractivity contribution in [3.05, 3.63) is 71.3 Å². The lowest BCUT2D eigenvalue weighted by atomic mass is 10.1. The van der Waals surface area contributed by atoms with Crippen molar-refractivity contribution >= 4 is 22.4 Å². The van der Waals surface area contributed by atoms with E-state index in [-0.39, 0.29) is 11.9 Å². The SMILES string of the molecule is Fc1cc2cnccc2cc1OC1CCN(Cc2cccc(Cl)c2)CC1. The second-order valence-electron chi connectivity index (χ2n) is 6.73. The quantitative estimate of drug-likeness (QED) is 0.641. The largest absolute Gasteiger partial charge is 0.487 e. The second kappa shape index (κ2) is 7.60. The van der Waals surface area contributed by atoms with Crippen LogP contribution in [0.5, 0.6) is 5.75 Å². The predicted molar refractivity (Wildman–Crippen MR) is 102 cm³/mol. The fourth-order valence-electron chi connectivity index (χ4n) is 3.44. The van der Waals surface area contributed by atoms with E-state index >= 15 is 0 Å². The Labute approximate surface area is 157 Å². The second-order valence-corrected chi connectivity index (χ2v) is 7.17. The number of aromatic nitrogens is 1. The van der Waals surface area contributed by atoms with Crippen molar-refractivity contribution in [1.29, 1.82) is 0 Å². The number of fused-ring (bicyclic) bond motifs is 1. The molecule has 0 N–H and O–H groups in total. The zero-order valence-corrected chi connectivity index (χ0v) is 15.1. The van der Waals surface area contributed by atoms with Gasteiger partial charge < -0.3 is 4.74 Å². The third-order valence-corrected chi connectivity index (χ3v) is 5.05. The summed E-state index contributed by atoms with van der Waals surface area (Å²) in [6.07, 6.45) is 5.18. The lowest BCUT2D eigenvalue weighted by molar-refractivity contribution is 0.0937. The first-order chi connectivity index (χ1) is 12.7. The molecule has 134 valence electrons. The molecule has 1 fully saturated rings. The van der Waals surface area contributed by atoms with Gasteiger partial charge in [-0.1, -0.05) is 23.7 Å². The molecule has 3 nitrogen and oxygen atoms in total. The Morgan fingerprint density at radius 3 is 2.77 bits per heavy atom.